The molecule has 9 aromatic carbocycles. The van der Waals surface area contributed by atoms with Crippen LogP contribution in [0.25, 0.3) is 65.7 Å². The summed E-state index contributed by atoms with van der Waals surface area (Å²) in [5, 5.41) is 11.0. The molecule has 0 aromatic heterocycles. The first kappa shape index (κ1) is 31.6. The van der Waals surface area contributed by atoms with Gasteiger partial charge in [0, 0.05) is 5.69 Å². The van der Waals surface area contributed by atoms with Gasteiger partial charge in [0.15, 0.2) is 0 Å². The number of nitrogens with one attached hydrogen (secondary N) is 1. The van der Waals surface area contributed by atoms with Crippen LogP contribution in [0.1, 0.15) is 5.56 Å². The lowest BCUT2D eigenvalue weighted by Crippen LogP contribution is -1.96. The number of fused-ring (bicyclic) bond motifs is 3. The normalized spacial score (nSPS) is 10.9. The van der Waals surface area contributed by atoms with Crippen LogP contribution in [0.15, 0.2) is 194 Å². The molecule has 3 N–H and O–H groups in total. The maximum atomic E-state index is 6.21. The Labute approximate surface area is 299 Å². The Bertz CT molecular complexity index is 2580. The number of benzene rings is 9. The number of para-hydroxylation sites is 2. The lowest BCUT2D eigenvalue weighted by atomic mass is 9.85. The van der Waals surface area contributed by atoms with Crippen molar-refractivity contribution < 1.29 is 0 Å². The van der Waals surface area contributed by atoms with Crippen LogP contribution in [0.5, 0.6) is 0 Å². The summed E-state index contributed by atoms with van der Waals surface area (Å²) in [6.07, 6.45) is 0. The summed E-state index contributed by atoms with van der Waals surface area (Å²) >= 11 is 0. The van der Waals surface area contributed by atoms with Crippen molar-refractivity contribution in [2.45, 2.75) is 6.92 Å². The maximum absolute atomic E-state index is 6.21. The minimum atomic E-state index is 0.730. The van der Waals surface area contributed by atoms with E-state index in [9.17, 15) is 0 Å². The number of hydrogen-bond donors (Lipinski definition) is 2. The Morgan fingerprint density at radius 2 is 0.922 bits per heavy atom. The van der Waals surface area contributed by atoms with E-state index < -0.39 is 0 Å². The standard InChI is InChI=1S/C36H26N2.C13H12/c37-33-18-7-8-19-34(33)38-28-13-9-12-26(23-28)35-29-14-3-5-16-31(29)36(32-17-6-4-15-30(32)35)27-21-20-24-10-1-2-11-25(24)22-27;1-11-7-5-6-10-13(11)12-8-3-2-4-9-12/h1-23,38H,37H2;2-10H,1H3. The van der Waals surface area contributed by atoms with Gasteiger partial charge >= 0.3 is 0 Å². The van der Waals surface area contributed by atoms with E-state index in [1.54, 1.807) is 0 Å². The van der Waals surface area contributed by atoms with Crippen molar-refractivity contribution in [1.29, 1.82) is 0 Å². The van der Waals surface area contributed by atoms with Gasteiger partial charge in [-0.3, -0.25) is 0 Å². The fourth-order valence-electron chi connectivity index (χ4n) is 7.13. The Morgan fingerprint density at radius 3 is 1.59 bits per heavy atom. The van der Waals surface area contributed by atoms with Crippen molar-refractivity contribution in [3.63, 3.8) is 0 Å². The van der Waals surface area contributed by atoms with Crippen LogP contribution < -0.4 is 11.1 Å². The fourth-order valence-corrected chi connectivity index (χ4v) is 7.13. The van der Waals surface area contributed by atoms with E-state index in [1.807, 2.05) is 30.3 Å². The number of nitrogens with two attached hydrogens (primary N) is 1. The molecule has 0 saturated carbocycles. The molecular weight excluding hydrogens is 617 g/mol. The summed E-state index contributed by atoms with van der Waals surface area (Å²) in [5.74, 6) is 0. The smallest absolute Gasteiger partial charge is 0.0617 e. The summed E-state index contributed by atoms with van der Waals surface area (Å²) in [7, 11) is 0. The number of anilines is 3. The molecule has 9 rings (SSSR count). The topological polar surface area (TPSA) is 38.0 Å². The molecule has 0 aliphatic heterocycles. The van der Waals surface area contributed by atoms with Crippen LogP contribution in [0, 0.1) is 6.92 Å². The molecule has 0 saturated heterocycles. The van der Waals surface area contributed by atoms with E-state index >= 15 is 0 Å². The first-order valence-corrected chi connectivity index (χ1v) is 17.4. The zero-order valence-corrected chi connectivity index (χ0v) is 28.6. The van der Waals surface area contributed by atoms with Crippen molar-refractivity contribution in [2.24, 2.45) is 0 Å². The molecule has 51 heavy (non-hydrogen) atoms. The van der Waals surface area contributed by atoms with Gasteiger partial charge in [0.25, 0.3) is 0 Å². The summed E-state index contributed by atoms with van der Waals surface area (Å²) in [6.45, 7) is 2.14. The third-order valence-corrected chi connectivity index (χ3v) is 9.59. The predicted octanol–water partition coefficient (Wildman–Crippen LogP) is 13.5. The number of hydrogen-bond acceptors (Lipinski definition) is 2. The van der Waals surface area contributed by atoms with Gasteiger partial charge in [-0.25, -0.2) is 0 Å². The van der Waals surface area contributed by atoms with Crippen LogP contribution in [-0.4, -0.2) is 0 Å². The molecular formula is C49H38N2. The number of aryl methyl sites for hydroxylation is 1. The first-order chi connectivity index (χ1) is 25.1. The van der Waals surface area contributed by atoms with Crippen LogP contribution in [-0.2, 0) is 0 Å². The maximum Gasteiger partial charge on any atom is 0.0617 e. The summed E-state index contributed by atoms with van der Waals surface area (Å²) in [5.41, 5.74) is 17.7. The van der Waals surface area contributed by atoms with Crippen LogP contribution in [0.3, 0.4) is 0 Å². The lowest BCUT2D eigenvalue weighted by molar-refractivity contribution is 1.46. The predicted molar refractivity (Wildman–Crippen MR) is 221 cm³/mol. The zero-order chi connectivity index (χ0) is 34.6. The Morgan fingerprint density at radius 1 is 0.392 bits per heavy atom. The van der Waals surface area contributed by atoms with E-state index in [2.05, 4.69) is 176 Å². The van der Waals surface area contributed by atoms with Crippen molar-refractivity contribution in [2.75, 3.05) is 11.1 Å². The van der Waals surface area contributed by atoms with E-state index in [0.717, 1.165) is 17.1 Å². The highest BCUT2D eigenvalue weighted by molar-refractivity contribution is 6.21. The summed E-state index contributed by atoms with van der Waals surface area (Å²) in [4.78, 5) is 0. The largest absolute Gasteiger partial charge is 0.397 e. The van der Waals surface area contributed by atoms with Crippen molar-refractivity contribution >= 4 is 49.4 Å². The third-order valence-electron chi connectivity index (χ3n) is 9.59. The Kier molecular flexibility index (Phi) is 8.72. The highest BCUT2D eigenvalue weighted by atomic mass is 14.9. The fraction of sp³-hybridized carbons (Fsp3) is 0.0204. The summed E-state index contributed by atoms with van der Waals surface area (Å²) in [6, 6.07) is 68.3. The molecule has 0 unspecified atom stereocenters. The monoisotopic (exact) mass is 654 g/mol. The van der Waals surface area contributed by atoms with E-state index in [-0.39, 0.29) is 0 Å². The average molecular weight is 655 g/mol. The van der Waals surface area contributed by atoms with Gasteiger partial charge in [-0.1, -0.05) is 164 Å². The second kappa shape index (κ2) is 14.1. The minimum Gasteiger partial charge on any atom is -0.397 e. The molecule has 0 bridgehead atoms. The molecule has 0 heterocycles. The molecule has 0 spiro atoms. The molecule has 0 atom stereocenters. The van der Waals surface area contributed by atoms with E-state index in [4.69, 9.17) is 5.73 Å². The molecule has 2 nitrogen and oxygen atoms in total. The molecule has 0 amide bonds. The Balaban J connectivity index is 0.000000242. The van der Waals surface area contributed by atoms with Crippen molar-refractivity contribution in [3.05, 3.63) is 200 Å². The van der Waals surface area contributed by atoms with Crippen LogP contribution in [0.2, 0.25) is 0 Å². The molecule has 2 heteroatoms. The quantitative estimate of drug-likeness (QED) is 0.143. The van der Waals surface area contributed by atoms with Crippen molar-refractivity contribution in [1.82, 2.24) is 0 Å². The number of rotatable bonds is 5. The van der Waals surface area contributed by atoms with Gasteiger partial charge < -0.3 is 11.1 Å². The summed E-state index contributed by atoms with van der Waals surface area (Å²) < 4.78 is 0. The SMILES string of the molecule is Cc1ccccc1-c1ccccc1.Nc1ccccc1Nc1cccc(-c2c3ccccc3c(-c3ccc4ccccc4c3)c3ccccc23)c1. The van der Waals surface area contributed by atoms with Gasteiger partial charge in [0.1, 0.15) is 0 Å². The Hall–Kier alpha value is -6.64. The molecule has 0 fully saturated rings. The van der Waals surface area contributed by atoms with Crippen molar-refractivity contribution in [3.8, 4) is 33.4 Å². The van der Waals surface area contributed by atoms with Gasteiger partial charge in [0.05, 0.1) is 11.4 Å². The highest BCUT2D eigenvalue weighted by Crippen LogP contribution is 2.44. The van der Waals surface area contributed by atoms with Gasteiger partial charge in [0.2, 0.25) is 0 Å². The van der Waals surface area contributed by atoms with Crippen LogP contribution >= 0.6 is 0 Å². The molecule has 9 aromatic rings. The first-order valence-electron chi connectivity index (χ1n) is 17.4. The lowest BCUT2D eigenvalue weighted by Gasteiger charge is -2.18. The third kappa shape index (κ3) is 6.44. The van der Waals surface area contributed by atoms with Gasteiger partial charge in [-0.05, 0) is 109 Å². The average Bonchev–Trinajstić information content (AvgIpc) is 3.18. The molecule has 0 radical (unpaired) electrons. The van der Waals surface area contributed by atoms with Crippen LogP contribution in [0.4, 0.5) is 17.1 Å². The molecule has 244 valence electrons. The molecule has 0 aliphatic rings. The van der Waals surface area contributed by atoms with E-state index in [1.165, 1.54) is 71.3 Å². The number of nitrogen functional groups attached to an aromatic ring is 1. The highest BCUT2D eigenvalue weighted by Gasteiger charge is 2.17. The zero-order valence-electron chi connectivity index (χ0n) is 28.6. The second-order valence-electron chi connectivity index (χ2n) is 12.9. The minimum absolute atomic E-state index is 0.730. The van der Waals surface area contributed by atoms with Gasteiger partial charge in [-0.2, -0.15) is 0 Å². The van der Waals surface area contributed by atoms with Gasteiger partial charge in [-0.15, -0.1) is 0 Å². The molecule has 0 aliphatic carbocycles. The van der Waals surface area contributed by atoms with E-state index in [0.29, 0.717) is 0 Å². The second-order valence-corrected chi connectivity index (χ2v) is 12.9.